The average molecular weight is 479 g/mol. The summed E-state index contributed by atoms with van der Waals surface area (Å²) < 4.78 is 11.8. The van der Waals surface area contributed by atoms with Crippen LogP contribution in [-0.4, -0.2) is 42.4 Å². The number of carbonyl (C=O) groups is 1. The van der Waals surface area contributed by atoms with Crippen LogP contribution in [0, 0.1) is 0 Å². The second-order valence-corrected chi connectivity index (χ2v) is 10.2. The van der Waals surface area contributed by atoms with Gasteiger partial charge in [0.1, 0.15) is 23.1 Å². The van der Waals surface area contributed by atoms with E-state index in [1.54, 1.807) is 0 Å². The highest BCUT2D eigenvalue weighted by Gasteiger charge is 2.27. The van der Waals surface area contributed by atoms with E-state index in [-0.39, 0.29) is 6.54 Å². The van der Waals surface area contributed by atoms with Crippen LogP contribution in [0.5, 0.6) is 11.5 Å². The van der Waals surface area contributed by atoms with Gasteiger partial charge in [-0.1, -0.05) is 6.92 Å². The molecule has 0 bridgehead atoms. The normalized spacial score (nSPS) is 16.7. The summed E-state index contributed by atoms with van der Waals surface area (Å²) in [5.41, 5.74) is 4.59. The number of carboxylic acids is 1. The molecule has 34 heavy (non-hydrogen) atoms. The maximum absolute atomic E-state index is 11.1. The maximum Gasteiger partial charge on any atom is 0.323 e. The average Bonchev–Trinajstić information content (AvgIpc) is 3.40. The van der Waals surface area contributed by atoms with Crippen molar-refractivity contribution in [1.82, 2.24) is 4.98 Å². The Kier molecular flexibility index (Phi) is 6.72. The third-order valence-electron chi connectivity index (χ3n) is 6.46. The monoisotopic (exact) mass is 478 g/mol. The highest BCUT2D eigenvalue weighted by Crippen LogP contribution is 2.38. The van der Waals surface area contributed by atoms with Gasteiger partial charge in [0.25, 0.3) is 0 Å². The molecule has 1 atom stereocenters. The Morgan fingerprint density at radius 2 is 1.82 bits per heavy atom. The van der Waals surface area contributed by atoms with E-state index in [0.717, 1.165) is 52.7 Å². The Morgan fingerprint density at radius 1 is 1.09 bits per heavy atom. The molecule has 3 aromatic rings. The standard InChI is InChI=1S/C27H30N2O4S/c1-18-16-29(17-26(30)31)24-12-11-21(15-22(18)24)33-14-4-13-32-20-9-7-19(8-10-20)27-28-23-5-2-3-6-25(23)34-27/h7-12,15,18H,2-6,13-14,16-17H2,1H3,(H,30,31). The minimum absolute atomic E-state index is 0.0295. The van der Waals surface area contributed by atoms with Crippen molar-refractivity contribution in [3.8, 4) is 22.1 Å². The van der Waals surface area contributed by atoms with Gasteiger partial charge in [-0.05, 0) is 73.7 Å². The fourth-order valence-corrected chi connectivity index (χ4v) is 5.91. The molecule has 1 N–H and O–H groups in total. The van der Waals surface area contributed by atoms with Crippen molar-refractivity contribution in [2.24, 2.45) is 0 Å². The number of carboxylic acid groups (broad SMARTS) is 1. The third kappa shape index (κ3) is 5.04. The Hall–Kier alpha value is -3.06. The molecule has 1 aliphatic carbocycles. The molecule has 2 aromatic carbocycles. The molecule has 0 saturated heterocycles. The number of aliphatic carboxylic acids is 1. The van der Waals surface area contributed by atoms with Crippen LogP contribution in [0.4, 0.5) is 5.69 Å². The molecule has 0 spiro atoms. The Balaban J connectivity index is 1.08. The van der Waals surface area contributed by atoms with Crippen LogP contribution in [0.1, 0.15) is 48.2 Å². The minimum Gasteiger partial charge on any atom is -0.493 e. The molecule has 0 saturated carbocycles. The molecule has 7 heteroatoms. The Bertz CT molecular complexity index is 1130. The van der Waals surface area contributed by atoms with Crippen molar-refractivity contribution in [1.29, 1.82) is 0 Å². The van der Waals surface area contributed by atoms with Crippen molar-refractivity contribution < 1.29 is 19.4 Å². The van der Waals surface area contributed by atoms with Gasteiger partial charge in [-0.25, -0.2) is 4.98 Å². The molecule has 6 nitrogen and oxygen atoms in total. The minimum atomic E-state index is -0.808. The van der Waals surface area contributed by atoms with Gasteiger partial charge in [0.15, 0.2) is 0 Å². The van der Waals surface area contributed by atoms with Gasteiger partial charge in [-0.3, -0.25) is 4.79 Å². The van der Waals surface area contributed by atoms with E-state index in [9.17, 15) is 4.79 Å². The lowest BCUT2D eigenvalue weighted by Gasteiger charge is -2.17. The molecule has 5 rings (SSSR count). The van der Waals surface area contributed by atoms with Gasteiger partial charge in [0.05, 0.1) is 18.9 Å². The molecule has 0 fully saturated rings. The number of nitrogens with zero attached hydrogens (tertiary/aromatic N) is 2. The van der Waals surface area contributed by atoms with Gasteiger partial charge in [0.2, 0.25) is 0 Å². The van der Waals surface area contributed by atoms with Crippen molar-refractivity contribution in [2.75, 3.05) is 31.2 Å². The summed E-state index contributed by atoms with van der Waals surface area (Å²) in [5.74, 6) is 1.16. The number of aryl methyl sites for hydroxylation is 2. The lowest BCUT2D eigenvalue weighted by atomic mass is 10.0. The van der Waals surface area contributed by atoms with E-state index in [0.29, 0.717) is 19.1 Å². The number of rotatable bonds is 9. The highest BCUT2D eigenvalue weighted by atomic mass is 32.1. The van der Waals surface area contributed by atoms with E-state index in [1.807, 2.05) is 46.6 Å². The Morgan fingerprint density at radius 3 is 2.59 bits per heavy atom. The number of hydrogen-bond acceptors (Lipinski definition) is 6. The van der Waals surface area contributed by atoms with Crippen LogP contribution in [0.25, 0.3) is 10.6 Å². The van der Waals surface area contributed by atoms with Gasteiger partial charge in [-0.15, -0.1) is 11.3 Å². The molecule has 0 amide bonds. The molecule has 1 unspecified atom stereocenters. The quantitative estimate of drug-likeness (QED) is 0.407. The molecule has 0 radical (unpaired) electrons. The summed E-state index contributed by atoms with van der Waals surface area (Å²) in [5, 5.41) is 10.2. The number of fused-ring (bicyclic) bond motifs is 2. The largest absolute Gasteiger partial charge is 0.493 e. The number of anilines is 1. The molecule has 1 aromatic heterocycles. The van der Waals surface area contributed by atoms with E-state index < -0.39 is 5.97 Å². The summed E-state index contributed by atoms with van der Waals surface area (Å²) in [4.78, 5) is 19.3. The van der Waals surface area contributed by atoms with Gasteiger partial charge in [0, 0.05) is 35.0 Å². The molecular weight excluding hydrogens is 448 g/mol. The van der Waals surface area contributed by atoms with E-state index in [4.69, 9.17) is 19.6 Å². The number of hydrogen-bond donors (Lipinski definition) is 1. The van der Waals surface area contributed by atoms with Crippen molar-refractivity contribution in [3.63, 3.8) is 0 Å². The zero-order valence-corrected chi connectivity index (χ0v) is 20.3. The Labute approximate surface area is 204 Å². The van der Waals surface area contributed by atoms with Crippen molar-refractivity contribution >= 4 is 23.0 Å². The maximum atomic E-state index is 11.1. The first-order chi connectivity index (χ1) is 16.6. The summed E-state index contributed by atoms with van der Waals surface area (Å²) in [7, 11) is 0. The number of ether oxygens (including phenoxy) is 2. The topological polar surface area (TPSA) is 71.9 Å². The second-order valence-electron chi connectivity index (χ2n) is 9.07. The molecule has 2 aliphatic rings. The summed E-state index contributed by atoms with van der Waals surface area (Å²) in [6.07, 6.45) is 5.59. The predicted octanol–water partition coefficient (Wildman–Crippen LogP) is 5.54. The van der Waals surface area contributed by atoms with Gasteiger partial charge in [-0.2, -0.15) is 0 Å². The summed E-state index contributed by atoms with van der Waals surface area (Å²) in [6.45, 7) is 4.02. The zero-order chi connectivity index (χ0) is 23.5. The lowest BCUT2D eigenvalue weighted by Crippen LogP contribution is -2.28. The van der Waals surface area contributed by atoms with Crippen LogP contribution in [0.2, 0.25) is 0 Å². The SMILES string of the molecule is CC1CN(CC(=O)O)c2ccc(OCCCOc3ccc(-c4nc5c(s4)CCCC5)cc3)cc21. The smallest absolute Gasteiger partial charge is 0.323 e. The van der Waals surface area contributed by atoms with Gasteiger partial charge < -0.3 is 19.5 Å². The molecule has 178 valence electrons. The van der Waals surface area contributed by atoms with Gasteiger partial charge >= 0.3 is 5.97 Å². The third-order valence-corrected chi connectivity index (χ3v) is 7.67. The van der Waals surface area contributed by atoms with Crippen molar-refractivity contribution in [3.05, 3.63) is 58.6 Å². The van der Waals surface area contributed by atoms with E-state index >= 15 is 0 Å². The van der Waals surface area contributed by atoms with Crippen LogP contribution in [0.15, 0.2) is 42.5 Å². The number of benzene rings is 2. The second kappa shape index (κ2) is 10.1. The van der Waals surface area contributed by atoms with Crippen LogP contribution < -0.4 is 14.4 Å². The van der Waals surface area contributed by atoms with E-state index in [2.05, 4.69) is 19.1 Å². The van der Waals surface area contributed by atoms with Crippen molar-refractivity contribution in [2.45, 2.75) is 44.9 Å². The number of thiazole rings is 1. The predicted molar refractivity (Wildman–Crippen MR) is 135 cm³/mol. The van der Waals surface area contributed by atoms with E-state index in [1.165, 1.54) is 29.8 Å². The number of aromatic nitrogens is 1. The molecule has 1 aliphatic heterocycles. The van der Waals surface area contributed by atoms with Crippen LogP contribution >= 0.6 is 11.3 Å². The van der Waals surface area contributed by atoms with Crippen LogP contribution in [-0.2, 0) is 17.6 Å². The van der Waals surface area contributed by atoms with Crippen LogP contribution in [0.3, 0.4) is 0 Å². The molecule has 2 heterocycles. The molecular formula is C27H30N2O4S. The first-order valence-electron chi connectivity index (χ1n) is 12.0. The lowest BCUT2D eigenvalue weighted by molar-refractivity contribution is -0.135. The summed E-state index contributed by atoms with van der Waals surface area (Å²) in [6, 6.07) is 14.1. The highest BCUT2D eigenvalue weighted by molar-refractivity contribution is 7.15. The first kappa shape index (κ1) is 22.7. The fourth-order valence-electron chi connectivity index (χ4n) is 4.75. The zero-order valence-electron chi connectivity index (χ0n) is 19.5. The summed E-state index contributed by atoms with van der Waals surface area (Å²) >= 11 is 1.83. The first-order valence-corrected chi connectivity index (χ1v) is 12.8. The fraction of sp³-hybridized carbons (Fsp3) is 0.407.